The molecule has 1 heterocycles. The van der Waals surface area contributed by atoms with Crippen LogP contribution in [0.1, 0.15) is 46.5 Å². The molecule has 0 radical (unpaired) electrons. The van der Waals surface area contributed by atoms with Gasteiger partial charge in [-0.1, -0.05) is 33.6 Å². The monoisotopic (exact) mass is 276 g/mol. The van der Waals surface area contributed by atoms with Gasteiger partial charge in [0.15, 0.2) is 0 Å². The molecule has 0 aromatic heterocycles. The van der Waals surface area contributed by atoms with Gasteiger partial charge in [0.2, 0.25) is 0 Å². The first-order valence-corrected chi connectivity index (χ1v) is 10.7. The number of thioether (sulfide) groups is 1. The molecule has 0 spiro atoms. The van der Waals surface area contributed by atoms with Crippen LogP contribution >= 0.6 is 18.9 Å². The van der Waals surface area contributed by atoms with Crippen LogP contribution in [0.5, 0.6) is 0 Å². The van der Waals surface area contributed by atoms with Crippen LogP contribution in [-0.4, -0.2) is 30.0 Å². The lowest BCUT2D eigenvalue weighted by atomic mass is 10.0. The number of unbranched alkanes of at least 4 members (excludes halogenated alkanes) is 2. The summed E-state index contributed by atoms with van der Waals surface area (Å²) in [6, 6.07) is 0. The van der Waals surface area contributed by atoms with Crippen LogP contribution in [0.3, 0.4) is 0 Å². The van der Waals surface area contributed by atoms with Gasteiger partial charge in [-0.25, -0.2) is 0 Å². The summed E-state index contributed by atoms with van der Waals surface area (Å²) in [4.78, 5) is 0. The second-order valence-corrected chi connectivity index (χ2v) is 10.1. The first-order chi connectivity index (χ1) is 8.11. The average molecular weight is 276 g/mol. The third-order valence-corrected chi connectivity index (χ3v) is 8.75. The highest BCUT2D eigenvalue weighted by Gasteiger charge is 2.31. The third-order valence-electron chi connectivity index (χ3n) is 3.92. The van der Waals surface area contributed by atoms with E-state index in [0.717, 1.165) is 43.2 Å². The van der Waals surface area contributed by atoms with E-state index in [1.165, 1.54) is 24.3 Å². The Labute approximate surface area is 112 Å². The first kappa shape index (κ1) is 15.6. The van der Waals surface area contributed by atoms with Crippen molar-refractivity contribution in [3.8, 4) is 0 Å². The zero-order chi connectivity index (χ0) is 12.7. The molecule has 1 aliphatic rings. The maximum atomic E-state index is 13.0. The maximum Gasteiger partial charge on any atom is 0.0880 e. The standard InChI is InChI=1S/C14H29OPS/c1-4-6-8-16(15,9-7-5-2)10-14-12-17-11-13(14)3/h13-14H,4-12H2,1-3H3. The molecule has 0 N–H and O–H groups in total. The van der Waals surface area contributed by atoms with E-state index in [1.807, 2.05) is 0 Å². The Morgan fingerprint density at radius 2 is 1.71 bits per heavy atom. The van der Waals surface area contributed by atoms with Crippen molar-refractivity contribution in [1.29, 1.82) is 0 Å². The lowest BCUT2D eigenvalue weighted by Gasteiger charge is -2.23. The zero-order valence-corrected chi connectivity index (χ0v) is 13.5. The summed E-state index contributed by atoms with van der Waals surface area (Å²) in [6.07, 6.45) is 7.76. The minimum atomic E-state index is -1.85. The van der Waals surface area contributed by atoms with Crippen molar-refractivity contribution in [3.63, 3.8) is 0 Å². The van der Waals surface area contributed by atoms with Crippen LogP contribution in [0.4, 0.5) is 0 Å². The van der Waals surface area contributed by atoms with Crippen LogP contribution in [-0.2, 0) is 4.57 Å². The van der Waals surface area contributed by atoms with Gasteiger partial charge in [-0.2, -0.15) is 11.8 Å². The molecule has 0 aromatic rings. The predicted molar refractivity (Wildman–Crippen MR) is 82.0 cm³/mol. The highest BCUT2D eigenvalue weighted by atomic mass is 32.2. The van der Waals surface area contributed by atoms with Crippen molar-refractivity contribution in [1.82, 2.24) is 0 Å². The van der Waals surface area contributed by atoms with E-state index in [-0.39, 0.29) is 0 Å². The van der Waals surface area contributed by atoms with Gasteiger partial charge in [-0.15, -0.1) is 0 Å². The predicted octanol–water partition coefficient (Wildman–Crippen LogP) is 4.95. The van der Waals surface area contributed by atoms with Gasteiger partial charge in [0.05, 0.1) is 7.14 Å². The fraction of sp³-hybridized carbons (Fsp3) is 1.00. The molecule has 0 aromatic carbocycles. The molecule has 0 bridgehead atoms. The normalized spacial score (nSPS) is 25.4. The van der Waals surface area contributed by atoms with Crippen LogP contribution in [0.25, 0.3) is 0 Å². The van der Waals surface area contributed by atoms with Crippen LogP contribution in [0.15, 0.2) is 0 Å². The molecular formula is C14H29OPS. The van der Waals surface area contributed by atoms with Gasteiger partial charge < -0.3 is 4.57 Å². The Balaban J connectivity index is 2.52. The Hall–Kier alpha value is 0.580. The van der Waals surface area contributed by atoms with E-state index in [9.17, 15) is 4.57 Å². The van der Waals surface area contributed by atoms with Crippen molar-refractivity contribution >= 4 is 18.9 Å². The van der Waals surface area contributed by atoms with Gasteiger partial charge in [-0.3, -0.25) is 0 Å². The molecule has 1 fully saturated rings. The summed E-state index contributed by atoms with van der Waals surface area (Å²) in [5.41, 5.74) is 0. The van der Waals surface area contributed by atoms with E-state index in [2.05, 4.69) is 32.5 Å². The third kappa shape index (κ3) is 5.39. The SMILES string of the molecule is CCCCP(=O)(CCCC)CC1CSCC1C. The van der Waals surface area contributed by atoms with E-state index in [0.29, 0.717) is 0 Å². The van der Waals surface area contributed by atoms with Crippen molar-refractivity contribution in [2.45, 2.75) is 46.5 Å². The van der Waals surface area contributed by atoms with Crippen molar-refractivity contribution < 1.29 is 4.57 Å². The van der Waals surface area contributed by atoms with Crippen LogP contribution in [0.2, 0.25) is 0 Å². The van der Waals surface area contributed by atoms with Gasteiger partial charge in [0.25, 0.3) is 0 Å². The zero-order valence-electron chi connectivity index (χ0n) is 11.8. The lowest BCUT2D eigenvalue weighted by Crippen LogP contribution is -2.16. The Bertz CT molecular complexity index is 243. The largest absolute Gasteiger partial charge is 0.324 e. The molecular weight excluding hydrogens is 247 g/mol. The number of hydrogen-bond donors (Lipinski definition) is 0. The Kier molecular flexibility index (Phi) is 7.26. The van der Waals surface area contributed by atoms with Gasteiger partial charge in [0.1, 0.15) is 0 Å². The van der Waals surface area contributed by atoms with E-state index < -0.39 is 7.14 Å². The Morgan fingerprint density at radius 1 is 1.12 bits per heavy atom. The smallest absolute Gasteiger partial charge is 0.0880 e. The average Bonchev–Trinajstić information content (AvgIpc) is 2.70. The van der Waals surface area contributed by atoms with Crippen molar-refractivity contribution in [2.75, 3.05) is 30.0 Å². The second kappa shape index (κ2) is 7.89. The van der Waals surface area contributed by atoms with E-state index >= 15 is 0 Å². The van der Waals surface area contributed by atoms with Gasteiger partial charge in [-0.05, 0) is 36.2 Å². The molecule has 2 atom stereocenters. The summed E-state index contributed by atoms with van der Waals surface area (Å²) in [5, 5.41) is 0. The molecule has 1 rings (SSSR count). The van der Waals surface area contributed by atoms with Crippen LogP contribution in [0, 0.1) is 11.8 Å². The fourth-order valence-corrected chi connectivity index (χ4v) is 7.97. The molecule has 102 valence electrons. The number of hydrogen-bond acceptors (Lipinski definition) is 2. The topological polar surface area (TPSA) is 17.1 Å². The molecule has 0 amide bonds. The molecule has 2 unspecified atom stereocenters. The van der Waals surface area contributed by atoms with Crippen molar-refractivity contribution in [2.24, 2.45) is 11.8 Å². The summed E-state index contributed by atoms with van der Waals surface area (Å²) < 4.78 is 13.0. The molecule has 1 saturated heterocycles. The van der Waals surface area contributed by atoms with Crippen molar-refractivity contribution in [3.05, 3.63) is 0 Å². The van der Waals surface area contributed by atoms with E-state index in [4.69, 9.17) is 0 Å². The van der Waals surface area contributed by atoms with E-state index in [1.54, 1.807) is 0 Å². The minimum Gasteiger partial charge on any atom is -0.324 e. The molecule has 1 nitrogen and oxygen atoms in total. The minimum absolute atomic E-state index is 0.736. The molecule has 3 heteroatoms. The lowest BCUT2D eigenvalue weighted by molar-refractivity contribution is 0.483. The summed E-state index contributed by atoms with van der Waals surface area (Å²) >= 11 is 2.06. The fourth-order valence-electron chi connectivity index (χ4n) is 2.55. The summed E-state index contributed by atoms with van der Waals surface area (Å²) in [6.45, 7) is 6.76. The molecule has 17 heavy (non-hydrogen) atoms. The maximum absolute atomic E-state index is 13.0. The van der Waals surface area contributed by atoms with Gasteiger partial charge >= 0.3 is 0 Å². The first-order valence-electron chi connectivity index (χ1n) is 7.26. The quantitative estimate of drug-likeness (QED) is 0.583. The van der Waals surface area contributed by atoms with Gasteiger partial charge in [0, 0.05) is 18.5 Å². The summed E-state index contributed by atoms with van der Waals surface area (Å²) in [5.74, 6) is 4.06. The highest BCUT2D eigenvalue weighted by molar-refractivity contribution is 7.99. The molecule has 1 aliphatic heterocycles. The highest BCUT2D eigenvalue weighted by Crippen LogP contribution is 2.51. The Morgan fingerprint density at radius 3 is 2.12 bits per heavy atom. The molecule has 0 saturated carbocycles. The molecule has 0 aliphatic carbocycles. The summed E-state index contributed by atoms with van der Waals surface area (Å²) in [7, 11) is -1.85. The number of rotatable bonds is 8. The second-order valence-electron chi connectivity index (χ2n) is 5.67. The van der Waals surface area contributed by atoms with Crippen LogP contribution < -0.4 is 0 Å².